The molecule has 2 aromatic rings. The summed E-state index contributed by atoms with van der Waals surface area (Å²) in [6, 6.07) is 4.13. The third-order valence-corrected chi connectivity index (χ3v) is 2.41. The third kappa shape index (κ3) is 5.71. The molecule has 0 atom stereocenters. The number of pyridine rings is 1. The molecular weight excluding hydrogens is 234 g/mol. The Bertz CT molecular complexity index is 482. The standard InChI is InChI=1S/C11H12N2.C3H9N.C2H6/c1-3-4-9-7-12-11-10(9)6-5-8(2)13-11;1-3-4-2;1-2/h3-7H,1-2H3,(H,12,13);4H,3H2,1-2H3;1-2H3/b4-3+;;. The summed E-state index contributed by atoms with van der Waals surface area (Å²) in [6.07, 6.45) is 6.09. The molecule has 0 fully saturated rings. The largest absolute Gasteiger partial charge is 0.346 e. The predicted molar refractivity (Wildman–Crippen MR) is 86.5 cm³/mol. The van der Waals surface area contributed by atoms with Gasteiger partial charge in [0.05, 0.1) is 0 Å². The van der Waals surface area contributed by atoms with Crippen LogP contribution in [0.15, 0.2) is 24.4 Å². The number of hydrogen-bond donors (Lipinski definition) is 2. The van der Waals surface area contributed by atoms with Gasteiger partial charge in [-0.3, -0.25) is 0 Å². The van der Waals surface area contributed by atoms with E-state index in [9.17, 15) is 0 Å². The summed E-state index contributed by atoms with van der Waals surface area (Å²) in [7, 11) is 1.93. The number of nitrogens with one attached hydrogen (secondary N) is 2. The zero-order valence-corrected chi connectivity index (χ0v) is 13.0. The van der Waals surface area contributed by atoms with Gasteiger partial charge in [0.15, 0.2) is 0 Å². The van der Waals surface area contributed by atoms with Gasteiger partial charge in [-0.2, -0.15) is 0 Å². The molecule has 0 saturated carbocycles. The maximum atomic E-state index is 4.39. The van der Waals surface area contributed by atoms with Crippen molar-refractivity contribution in [3.05, 3.63) is 35.7 Å². The monoisotopic (exact) mass is 261 g/mol. The van der Waals surface area contributed by atoms with Crippen molar-refractivity contribution < 1.29 is 0 Å². The fraction of sp³-hybridized carbons (Fsp3) is 0.438. The average molecular weight is 261 g/mol. The van der Waals surface area contributed by atoms with Gasteiger partial charge in [-0.05, 0) is 39.6 Å². The highest BCUT2D eigenvalue weighted by atomic mass is 14.8. The quantitative estimate of drug-likeness (QED) is 0.852. The fourth-order valence-corrected chi connectivity index (χ4v) is 1.44. The number of nitrogens with zero attached hydrogens (tertiary/aromatic N) is 1. The molecule has 0 bridgehead atoms. The van der Waals surface area contributed by atoms with Crippen molar-refractivity contribution in [2.45, 2.75) is 34.6 Å². The molecule has 3 nitrogen and oxygen atoms in total. The average Bonchev–Trinajstić information content (AvgIpc) is 2.84. The van der Waals surface area contributed by atoms with Gasteiger partial charge in [0.25, 0.3) is 0 Å². The first-order chi connectivity index (χ1) is 9.22. The van der Waals surface area contributed by atoms with Gasteiger partial charge in [-0.25, -0.2) is 4.98 Å². The first-order valence-electron chi connectivity index (χ1n) is 6.95. The SMILES string of the molecule is C/C=C/c1c[nH]c2nc(C)ccc12.CC.CCNC. The summed E-state index contributed by atoms with van der Waals surface area (Å²) in [5.74, 6) is 0. The van der Waals surface area contributed by atoms with Crippen LogP contribution in [0.5, 0.6) is 0 Å². The number of fused-ring (bicyclic) bond motifs is 1. The molecule has 106 valence electrons. The second kappa shape index (κ2) is 10.3. The Kier molecular flexibility index (Phi) is 9.45. The highest BCUT2D eigenvalue weighted by Gasteiger charge is 2.00. The number of aryl methyl sites for hydroxylation is 1. The van der Waals surface area contributed by atoms with Crippen LogP contribution in [-0.2, 0) is 0 Å². The Hall–Kier alpha value is -1.61. The highest BCUT2D eigenvalue weighted by Crippen LogP contribution is 2.17. The van der Waals surface area contributed by atoms with Gasteiger partial charge in [-0.15, -0.1) is 0 Å². The molecule has 0 amide bonds. The minimum absolute atomic E-state index is 0.966. The summed E-state index contributed by atoms with van der Waals surface area (Å²) in [4.78, 5) is 7.54. The second-order valence-corrected chi connectivity index (χ2v) is 3.80. The molecule has 0 unspecified atom stereocenters. The molecule has 19 heavy (non-hydrogen) atoms. The molecule has 2 heterocycles. The minimum Gasteiger partial charge on any atom is -0.346 e. The molecule has 3 heteroatoms. The summed E-state index contributed by atoms with van der Waals surface area (Å²) < 4.78 is 0. The summed E-state index contributed by atoms with van der Waals surface area (Å²) in [5.41, 5.74) is 3.21. The number of aromatic nitrogens is 2. The van der Waals surface area contributed by atoms with Crippen LogP contribution < -0.4 is 5.32 Å². The lowest BCUT2D eigenvalue weighted by atomic mass is 10.2. The lowest BCUT2D eigenvalue weighted by molar-refractivity contribution is 0.864. The van der Waals surface area contributed by atoms with Gasteiger partial charge in [-0.1, -0.05) is 32.9 Å². The summed E-state index contributed by atoms with van der Waals surface area (Å²) in [5, 5.41) is 4.11. The molecule has 0 aliphatic rings. The van der Waals surface area contributed by atoms with Crippen molar-refractivity contribution in [1.29, 1.82) is 0 Å². The first kappa shape index (κ1) is 17.4. The van der Waals surface area contributed by atoms with E-state index in [0.717, 1.165) is 17.9 Å². The van der Waals surface area contributed by atoms with E-state index in [1.165, 1.54) is 10.9 Å². The van der Waals surface area contributed by atoms with Crippen LogP contribution in [0.1, 0.15) is 39.0 Å². The summed E-state index contributed by atoms with van der Waals surface area (Å²) in [6.45, 7) is 11.1. The normalized spacial score (nSPS) is 9.79. The Balaban J connectivity index is 0.000000467. The maximum absolute atomic E-state index is 4.39. The van der Waals surface area contributed by atoms with E-state index in [-0.39, 0.29) is 0 Å². The van der Waals surface area contributed by atoms with Crippen LogP contribution in [0.4, 0.5) is 0 Å². The predicted octanol–water partition coefficient (Wildman–Crippen LogP) is 4.16. The van der Waals surface area contributed by atoms with E-state index >= 15 is 0 Å². The van der Waals surface area contributed by atoms with Crippen molar-refractivity contribution in [3.8, 4) is 0 Å². The third-order valence-electron chi connectivity index (χ3n) is 2.41. The van der Waals surface area contributed by atoms with Gasteiger partial charge < -0.3 is 10.3 Å². The molecule has 0 aromatic carbocycles. The molecule has 2 N–H and O–H groups in total. The van der Waals surface area contributed by atoms with E-state index in [2.05, 4.69) is 34.4 Å². The highest BCUT2D eigenvalue weighted by molar-refractivity contribution is 5.86. The van der Waals surface area contributed by atoms with Gasteiger partial charge >= 0.3 is 0 Å². The van der Waals surface area contributed by atoms with Crippen molar-refractivity contribution in [3.63, 3.8) is 0 Å². The summed E-state index contributed by atoms with van der Waals surface area (Å²) >= 11 is 0. The van der Waals surface area contributed by atoms with E-state index < -0.39 is 0 Å². The molecular formula is C16H27N3. The van der Waals surface area contributed by atoms with Crippen molar-refractivity contribution in [1.82, 2.24) is 15.3 Å². The topological polar surface area (TPSA) is 40.7 Å². The Morgan fingerprint density at radius 2 is 1.95 bits per heavy atom. The van der Waals surface area contributed by atoms with Crippen LogP contribution >= 0.6 is 0 Å². The Morgan fingerprint density at radius 1 is 1.32 bits per heavy atom. The van der Waals surface area contributed by atoms with E-state index in [1.54, 1.807) is 0 Å². The molecule has 0 radical (unpaired) electrons. The first-order valence-corrected chi connectivity index (χ1v) is 6.95. The zero-order chi connectivity index (χ0) is 14.7. The van der Waals surface area contributed by atoms with E-state index in [1.807, 2.05) is 53.1 Å². The molecule has 0 spiro atoms. The molecule has 0 aliphatic carbocycles. The molecule has 2 rings (SSSR count). The van der Waals surface area contributed by atoms with Gasteiger partial charge in [0, 0.05) is 22.8 Å². The second-order valence-electron chi connectivity index (χ2n) is 3.80. The van der Waals surface area contributed by atoms with Gasteiger partial charge in [0.2, 0.25) is 0 Å². The van der Waals surface area contributed by atoms with Crippen molar-refractivity contribution in [2.75, 3.05) is 13.6 Å². The number of aromatic amines is 1. The smallest absolute Gasteiger partial charge is 0.138 e. The Morgan fingerprint density at radius 3 is 2.47 bits per heavy atom. The van der Waals surface area contributed by atoms with Crippen molar-refractivity contribution in [2.24, 2.45) is 0 Å². The number of rotatable bonds is 2. The van der Waals surface area contributed by atoms with Crippen LogP contribution in [-0.4, -0.2) is 23.6 Å². The zero-order valence-electron chi connectivity index (χ0n) is 13.0. The lowest BCUT2D eigenvalue weighted by Gasteiger charge is -1.92. The fourth-order valence-electron chi connectivity index (χ4n) is 1.44. The van der Waals surface area contributed by atoms with Crippen LogP contribution in [0.2, 0.25) is 0 Å². The number of hydrogen-bond acceptors (Lipinski definition) is 2. The number of allylic oxidation sites excluding steroid dienone is 1. The van der Waals surface area contributed by atoms with E-state index in [4.69, 9.17) is 0 Å². The van der Waals surface area contributed by atoms with Crippen LogP contribution in [0.25, 0.3) is 17.1 Å². The van der Waals surface area contributed by atoms with Crippen molar-refractivity contribution >= 4 is 17.1 Å². The minimum atomic E-state index is 0.966. The maximum Gasteiger partial charge on any atom is 0.138 e. The molecule has 2 aromatic heterocycles. The van der Waals surface area contributed by atoms with E-state index in [0.29, 0.717) is 0 Å². The lowest BCUT2D eigenvalue weighted by Crippen LogP contribution is -2.01. The molecule has 0 aliphatic heterocycles. The number of H-pyrrole nitrogens is 1. The van der Waals surface area contributed by atoms with Crippen LogP contribution in [0, 0.1) is 6.92 Å². The van der Waals surface area contributed by atoms with Gasteiger partial charge in [0.1, 0.15) is 5.65 Å². The Labute approximate surface area is 117 Å². The molecule has 0 saturated heterocycles. The van der Waals surface area contributed by atoms with Crippen LogP contribution in [0.3, 0.4) is 0 Å².